The second-order valence-electron chi connectivity index (χ2n) is 3.80. The van der Waals surface area contributed by atoms with Gasteiger partial charge in [0.05, 0.1) is 12.8 Å². The maximum absolute atomic E-state index is 9.71. The second-order valence-corrected chi connectivity index (χ2v) is 3.80. The quantitative estimate of drug-likeness (QED) is 0.835. The SMILES string of the molecule is COc1ccc(O)c(CNCc2ccncn2)c1. The molecule has 0 saturated heterocycles. The van der Waals surface area contributed by atoms with Gasteiger partial charge in [0.25, 0.3) is 0 Å². The van der Waals surface area contributed by atoms with Crippen LogP contribution in [0.2, 0.25) is 0 Å². The van der Waals surface area contributed by atoms with Crippen molar-refractivity contribution in [2.24, 2.45) is 0 Å². The molecule has 5 nitrogen and oxygen atoms in total. The number of phenolic OH excluding ortho intramolecular Hbond substituents is 1. The van der Waals surface area contributed by atoms with Crippen LogP contribution in [0, 0.1) is 0 Å². The Labute approximate surface area is 105 Å². The van der Waals surface area contributed by atoms with Gasteiger partial charge in [-0.3, -0.25) is 0 Å². The second kappa shape index (κ2) is 5.97. The van der Waals surface area contributed by atoms with Crippen molar-refractivity contribution in [3.8, 4) is 11.5 Å². The predicted octanol–water partition coefficient (Wildman–Crippen LogP) is 1.48. The summed E-state index contributed by atoms with van der Waals surface area (Å²) >= 11 is 0. The third-order valence-electron chi connectivity index (χ3n) is 2.55. The Morgan fingerprint density at radius 1 is 1.28 bits per heavy atom. The maximum Gasteiger partial charge on any atom is 0.120 e. The van der Waals surface area contributed by atoms with Crippen molar-refractivity contribution in [3.63, 3.8) is 0 Å². The lowest BCUT2D eigenvalue weighted by Gasteiger charge is -2.08. The fourth-order valence-electron chi connectivity index (χ4n) is 1.58. The molecule has 2 N–H and O–H groups in total. The average molecular weight is 245 g/mol. The van der Waals surface area contributed by atoms with Crippen LogP contribution in [0.1, 0.15) is 11.3 Å². The molecule has 1 aromatic carbocycles. The zero-order chi connectivity index (χ0) is 12.8. The van der Waals surface area contributed by atoms with Crippen molar-refractivity contribution in [2.45, 2.75) is 13.1 Å². The molecular weight excluding hydrogens is 230 g/mol. The van der Waals surface area contributed by atoms with Crippen molar-refractivity contribution in [1.82, 2.24) is 15.3 Å². The minimum Gasteiger partial charge on any atom is -0.508 e. The van der Waals surface area contributed by atoms with E-state index in [-0.39, 0.29) is 5.75 Å². The molecule has 0 aliphatic heterocycles. The van der Waals surface area contributed by atoms with Crippen molar-refractivity contribution in [2.75, 3.05) is 7.11 Å². The number of rotatable bonds is 5. The fourth-order valence-corrected chi connectivity index (χ4v) is 1.58. The fraction of sp³-hybridized carbons (Fsp3) is 0.231. The highest BCUT2D eigenvalue weighted by Gasteiger charge is 2.03. The number of ether oxygens (including phenoxy) is 1. The van der Waals surface area contributed by atoms with Gasteiger partial charge >= 0.3 is 0 Å². The van der Waals surface area contributed by atoms with Crippen LogP contribution in [0.5, 0.6) is 11.5 Å². The Morgan fingerprint density at radius 3 is 2.89 bits per heavy atom. The van der Waals surface area contributed by atoms with Crippen molar-refractivity contribution in [3.05, 3.63) is 48.0 Å². The number of phenols is 1. The molecular formula is C13H15N3O2. The molecule has 1 heterocycles. The first-order valence-corrected chi connectivity index (χ1v) is 5.61. The van der Waals surface area contributed by atoms with Crippen LogP contribution in [0.3, 0.4) is 0 Å². The third-order valence-corrected chi connectivity index (χ3v) is 2.55. The third kappa shape index (κ3) is 3.18. The summed E-state index contributed by atoms with van der Waals surface area (Å²) in [5.74, 6) is 0.984. The Kier molecular flexibility index (Phi) is 4.09. The molecule has 0 fully saturated rings. The summed E-state index contributed by atoms with van der Waals surface area (Å²) in [4.78, 5) is 7.96. The van der Waals surface area contributed by atoms with Gasteiger partial charge in [-0.15, -0.1) is 0 Å². The summed E-state index contributed by atoms with van der Waals surface area (Å²) in [5, 5.41) is 12.9. The highest BCUT2D eigenvalue weighted by molar-refractivity contribution is 5.39. The van der Waals surface area contributed by atoms with Crippen LogP contribution >= 0.6 is 0 Å². The summed E-state index contributed by atoms with van der Waals surface area (Å²) in [5.41, 5.74) is 1.70. The van der Waals surface area contributed by atoms with E-state index < -0.39 is 0 Å². The van der Waals surface area contributed by atoms with E-state index in [2.05, 4.69) is 15.3 Å². The molecule has 0 unspecified atom stereocenters. The van der Waals surface area contributed by atoms with Crippen molar-refractivity contribution < 1.29 is 9.84 Å². The molecule has 0 radical (unpaired) electrons. The molecule has 0 aliphatic rings. The summed E-state index contributed by atoms with van der Waals surface area (Å²) in [6, 6.07) is 7.00. The van der Waals surface area contributed by atoms with Gasteiger partial charge in [0, 0.05) is 24.8 Å². The number of methoxy groups -OCH3 is 1. The van der Waals surface area contributed by atoms with E-state index >= 15 is 0 Å². The highest BCUT2D eigenvalue weighted by Crippen LogP contribution is 2.22. The molecule has 0 saturated carbocycles. The smallest absolute Gasteiger partial charge is 0.120 e. The molecule has 2 aromatic rings. The van der Waals surface area contributed by atoms with Crippen LogP contribution in [-0.2, 0) is 13.1 Å². The Hall–Kier alpha value is -2.14. The van der Waals surface area contributed by atoms with Crippen molar-refractivity contribution in [1.29, 1.82) is 0 Å². The predicted molar refractivity (Wildman–Crippen MR) is 67.2 cm³/mol. The van der Waals surface area contributed by atoms with E-state index in [1.54, 1.807) is 25.4 Å². The van der Waals surface area contributed by atoms with Crippen LogP contribution in [0.25, 0.3) is 0 Å². The molecule has 2 rings (SSSR count). The number of aromatic nitrogens is 2. The first-order valence-electron chi connectivity index (χ1n) is 5.61. The molecule has 0 bridgehead atoms. The number of benzene rings is 1. The largest absolute Gasteiger partial charge is 0.508 e. The standard InChI is InChI=1S/C13H15N3O2/c1-18-12-2-3-13(17)10(6-12)7-15-8-11-4-5-14-9-16-11/h2-6,9,15,17H,7-8H2,1H3. The minimum atomic E-state index is 0.256. The van der Waals surface area contributed by atoms with Gasteiger partial charge in [-0.1, -0.05) is 0 Å². The van der Waals surface area contributed by atoms with Gasteiger partial charge in [-0.25, -0.2) is 9.97 Å². The van der Waals surface area contributed by atoms with E-state index in [0.717, 1.165) is 17.0 Å². The first kappa shape index (κ1) is 12.3. The van der Waals surface area contributed by atoms with Crippen LogP contribution in [0.15, 0.2) is 36.8 Å². The number of nitrogens with one attached hydrogen (secondary N) is 1. The first-order chi connectivity index (χ1) is 8.79. The maximum atomic E-state index is 9.71. The van der Waals surface area contributed by atoms with Gasteiger partial charge in [0.15, 0.2) is 0 Å². The number of aromatic hydroxyl groups is 1. The highest BCUT2D eigenvalue weighted by atomic mass is 16.5. The molecule has 94 valence electrons. The molecule has 1 aromatic heterocycles. The molecule has 5 heteroatoms. The van der Waals surface area contributed by atoms with E-state index in [1.165, 1.54) is 6.33 Å². The van der Waals surface area contributed by atoms with E-state index in [9.17, 15) is 5.11 Å². The Balaban J connectivity index is 1.94. The van der Waals surface area contributed by atoms with Crippen LogP contribution < -0.4 is 10.1 Å². The van der Waals surface area contributed by atoms with E-state index in [0.29, 0.717) is 13.1 Å². The van der Waals surface area contributed by atoms with Gasteiger partial charge in [0.1, 0.15) is 17.8 Å². The number of hydrogen-bond acceptors (Lipinski definition) is 5. The summed E-state index contributed by atoms with van der Waals surface area (Å²) in [7, 11) is 1.60. The molecule has 0 amide bonds. The molecule has 0 atom stereocenters. The number of nitrogens with zero attached hydrogens (tertiary/aromatic N) is 2. The summed E-state index contributed by atoms with van der Waals surface area (Å²) in [6.45, 7) is 1.17. The molecule has 0 spiro atoms. The average Bonchev–Trinajstić information content (AvgIpc) is 2.42. The van der Waals surface area contributed by atoms with Crippen molar-refractivity contribution >= 4 is 0 Å². The lowest BCUT2D eigenvalue weighted by atomic mass is 10.2. The summed E-state index contributed by atoms with van der Waals surface area (Å²) in [6.07, 6.45) is 3.22. The van der Waals surface area contributed by atoms with E-state index in [4.69, 9.17) is 4.74 Å². The topological polar surface area (TPSA) is 67.3 Å². The number of hydrogen-bond donors (Lipinski definition) is 2. The Morgan fingerprint density at radius 2 is 2.17 bits per heavy atom. The van der Waals surface area contributed by atoms with Crippen LogP contribution in [-0.4, -0.2) is 22.2 Å². The zero-order valence-corrected chi connectivity index (χ0v) is 10.1. The summed E-state index contributed by atoms with van der Waals surface area (Å²) < 4.78 is 5.11. The lowest BCUT2D eigenvalue weighted by Crippen LogP contribution is -2.13. The van der Waals surface area contributed by atoms with Crippen LogP contribution in [0.4, 0.5) is 0 Å². The monoisotopic (exact) mass is 245 g/mol. The lowest BCUT2D eigenvalue weighted by molar-refractivity contribution is 0.410. The van der Waals surface area contributed by atoms with Gasteiger partial charge < -0.3 is 15.2 Å². The Bertz CT molecular complexity index is 503. The normalized spacial score (nSPS) is 10.3. The molecule has 18 heavy (non-hydrogen) atoms. The zero-order valence-electron chi connectivity index (χ0n) is 10.1. The minimum absolute atomic E-state index is 0.256. The molecule has 0 aliphatic carbocycles. The van der Waals surface area contributed by atoms with Gasteiger partial charge in [-0.05, 0) is 24.3 Å². The van der Waals surface area contributed by atoms with Gasteiger partial charge in [0.2, 0.25) is 0 Å². The van der Waals surface area contributed by atoms with Gasteiger partial charge in [-0.2, -0.15) is 0 Å². The van der Waals surface area contributed by atoms with E-state index in [1.807, 2.05) is 12.1 Å².